The summed E-state index contributed by atoms with van der Waals surface area (Å²) in [5.41, 5.74) is 3.79. The highest BCUT2D eigenvalue weighted by Gasteiger charge is 2.39. The van der Waals surface area contributed by atoms with E-state index in [2.05, 4.69) is 10.8 Å². The molecule has 0 spiro atoms. The molecule has 0 bridgehead atoms. The highest BCUT2D eigenvalue weighted by Crippen LogP contribution is 2.19. The van der Waals surface area contributed by atoms with Gasteiger partial charge in [0.05, 0.1) is 6.10 Å². The van der Waals surface area contributed by atoms with Gasteiger partial charge in [-0.2, -0.15) is 0 Å². The highest BCUT2D eigenvalue weighted by atomic mass is 16.7. The predicted octanol–water partition coefficient (Wildman–Crippen LogP) is 1.93. The van der Waals surface area contributed by atoms with Gasteiger partial charge in [-0.25, -0.2) is 5.48 Å². The fourth-order valence-corrected chi connectivity index (χ4v) is 3.68. The molecule has 2 aromatic carbocycles. The molecule has 1 aliphatic rings. The van der Waals surface area contributed by atoms with Crippen LogP contribution in [0.25, 0.3) is 0 Å². The van der Waals surface area contributed by atoms with Crippen LogP contribution in [0.1, 0.15) is 37.8 Å². The average molecular weight is 452 g/mol. The Balaban J connectivity index is 1.95. The lowest BCUT2D eigenvalue weighted by molar-refractivity contribution is -0.153. The van der Waals surface area contributed by atoms with E-state index in [4.69, 9.17) is 4.84 Å². The van der Waals surface area contributed by atoms with Crippen molar-refractivity contribution in [3.8, 4) is 0 Å². The van der Waals surface area contributed by atoms with Crippen molar-refractivity contribution in [2.45, 2.75) is 57.8 Å². The summed E-state index contributed by atoms with van der Waals surface area (Å²) in [6, 6.07) is 16.6. The number of rotatable bonds is 10. The molecule has 1 heterocycles. The summed E-state index contributed by atoms with van der Waals surface area (Å²) in [6.45, 7) is 3.56. The molecule has 174 valence electrons. The zero-order chi connectivity index (χ0) is 23.8. The van der Waals surface area contributed by atoms with E-state index in [1.54, 1.807) is 13.8 Å². The van der Waals surface area contributed by atoms with Gasteiger partial charge in [0.25, 0.3) is 0 Å². The fourth-order valence-electron chi connectivity index (χ4n) is 3.68. The van der Waals surface area contributed by atoms with Crippen molar-refractivity contribution in [3.63, 3.8) is 0 Å². The van der Waals surface area contributed by atoms with E-state index in [9.17, 15) is 19.2 Å². The Morgan fingerprint density at radius 1 is 1.03 bits per heavy atom. The number of hydroxylamine groups is 1. The molecule has 0 radical (unpaired) electrons. The maximum atomic E-state index is 13.5. The number of hydrogen-bond donors (Lipinski definition) is 2. The second-order valence-corrected chi connectivity index (χ2v) is 8.28. The monoisotopic (exact) mass is 451 g/mol. The lowest BCUT2D eigenvalue weighted by Crippen LogP contribution is -2.55. The van der Waals surface area contributed by atoms with Gasteiger partial charge in [0.1, 0.15) is 12.1 Å². The van der Waals surface area contributed by atoms with E-state index in [0.29, 0.717) is 6.42 Å². The number of amides is 3. The number of Topliss-reactive ketones (excluding diaryl/α,β-unsaturated/α-hetero) is 1. The summed E-state index contributed by atoms with van der Waals surface area (Å²) >= 11 is 0. The highest BCUT2D eigenvalue weighted by molar-refractivity contribution is 6.38. The maximum absolute atomic E-state index is 13.5. The molecule has 2 N–H and O–H groups in total. The Bertz CT molecular complexity index is 978. The molecule has 0 aliphatic carbocycles. The number of benzene rings is 2. The standard InChI is InChI=1S/C25H29N3O5/c1-17(2)33-27-24(31)23(30)21(15-18-9-5-3-6-10-18)28(16-19-11-7-4-8-12-19)25(32)20-13-14-22(29)26-20/h3-12,17,20-21H,13-16H2,1-2H3,(H,26,29)(H,27,31). The molecule has 8 heteroatoms. The van der Waals surface area contributed by atoms with Crippen LogP contribution in [0.2, 0.25) is 0 Å². The van der Waals surface area contributed by atoms with Crippen molar-refractivity contribution in [2.75, 3.05) is 0 Å². The molecule has 33 heavy (non-hydrogen) atoms. The molecule has 3 amide bonds. The summed E-state index contributed by atoms with van der Waals surface area (Å²) in [4.78, 5) is 57.7. The first-order chi connectivity index (χ1) is 15.8. The quantitative estimate of drug-likeness (QED) is 0.424. The molecule has 3 rings (SSSR count). The minimum absolute atomic E-state index is 0.119. The van der Waals surface area contributed by atoms with Crippen molar-refractivity contribution in [1.82, 2.24) is 15.7 Å². The van der Waals surface area contributed by atoms with Gasteiger partial charge < -0.3 is 10.2 Å². The number of nitrogens with one attached hydrogen (secondary N) is 2. The maximum Gasteiger partial charge on any atom is 0.313 e. The number of ketones is 1. The average Bonchev–Trinajstić information content (AvgIpc) is 3.26. The van der Waals surface area contributed by atoms with Crippen molar-refractivity contribution in [3.05, 3.63) is 71.8 Å². The Morgan fingerprint density at radius 3 is 2.18 bits per heavy atom. The predicted molar refractivity (Wildman–Crippen MR) is 121 cm³/mol. The summed E-state index contributed by atoms with van der Waals surface area (Å²) in [5.74, 6) is -2.31. The topological polar surface area (TPSA) is 105 Å². The van der Waals surface area contributed by atoms with E-state index in [1.807, 2.05) is 60.7 Å². The van der Waals surface area contributed by atoms with Crippen LogP contribution in [0.5, 0.6) is 0 Å². The van der Waals surface area contributed by atoms with Crippen molar-refractivity contribution in [1.29, 1.82) is 0 Å². The normalized spacial score (nSPS) is 16.2. The summed E-state index contributed by atoms with van der Waals surface area (Å²) in [5, 5.41) is 2.68. The van der Waals surface area contributed by atoms with Crippen LogP contribution >= 0.6 is 0 Å². The first-order valence-corrected chi connectivity index (χ1v) is 11.0. The first-order valence-electron chi connectivity index (χ1n) is 11.0. The Morgan fingerprint density at radius 2 is 1.64 bits per heavy atom. The number of carbonyl (C=O) groups is 4. The molecule has 1 fully saturated rings. The number of nitrogens with zero attached hydrogens (tertiary/aromatic N) is 1. The largest absolute Gasteiger partial charge is 0.344 e. The van der Waals surface area contributed by atoms with Crippen molar-refractivity contribution >= 4 is 23.5 Å². The van der Waals surface area contributed by atoms with Crippen LogP contribution in [0, 0.1) is 0 Å². The Labute approximate surface area is 193 Å². The molecule has 1 saturated heterocycles. The lowest BCUT2D eigenvalue weighted by atomic mass is 9.98. The molecule has 8 nitrogen and oxygen atoms in total. The van der Waals surface area contributed by atoms with Crippen LogP contribution in [0.4, 0.5) is 0 Å². The van der Waals surface area contributed by atoms with Gasteiger partial charge in [-0.1, -0.05) is 60.7 Å². The number of hydrogen-bond acceptors (Lipinski definition) is 5. The van der Waals surface area contributed by atoms with Gasteiger partial charge in [-0.05, 0) is 31.4 Å². The summed E-state index contributed by atoms with van der Waals surface area (Å²) < 4.78 is 0. The minimum atomic E-state index is -1.08. The molecule has 0 saturated carbocycles. The van der Waals surface area contributed by atoms with Crippen LogP contribution < -0.4 is 10.8 Å². The molecular weight excluding hydrogens is 422 g/mol. The van der Waals surface area contributed by atoms with Crippen LogP contribution in [0.3, 0.4) is 0 Å². The van der Waals surface area contributed by atoms with E-state index < -0.39 is 29.7 Å². The molecule has 2 unspecified atom stereocenters. The van der Waals surface area contributed by atoms with E-state index >= 15 is 0 Å². The van der Waals surface area contributed by atoms with E-state index in [-0.39, 0.29) is 31.4 Å². The third-order valence-electron chi connectivity index (χ3n) is 5.33. The number of carbonyl (C=O) groups excluding carboxylic acids is 4. The second kappa shape index (κ2) is 11.4. The van der Waals surface area contributed by atoms with E-state index in [0.717, 1.165) is 11.1 Å². The van der Waals surface area contributed by atoms with E-state index in [1.165, 1.54) is 4.90 Å². The molecular formula is C25H29N3O5. The Kier molecular flexibility index (Phi) is 8.32. The van der Waals surface area contributed by atoms with Crippen LogP contribution in [-0.2, 0) is 37.0 Å². The fraction of sp³-hybridized carbons (Fsp3) is 0.360. The zero-order valence-electron chi connectivity index (χ0n) is 18.8. The SMILES string of the molecule is CC(C)ONC(=O)C(=O)C(Cc1ccccc1)N(Cc1ccccc1)C(=O)C1CCC(=O)N1. The first kappa shape index (κ1) is 24.1. The zero-order valence-corrected chi connectivity index (χ0v) is 18.8. The van der Waals surface area contributed by atoms with Crippen molar-refractivity contribution in [2.24, 2.45) is 0 Å². The smallest absolute Gasteiger partial charge is 0.313 e. The third-order valence-corrected chi connectivity index (χ3v) is 5.33. The van der Waals surface area contributed by atoms with Crippen LogP contribution in [-0.4, -0.2) is 46.6 Å². The van der Waals surface area contributed by atoms with Gasteiger partial charge in [0.15, 0.2) is 0 Å². The Hall–Kier alpha value is -3.52. The lowest BCUT2D eigenvalue weighted by Gasteiger charge is -2.32. The molecule has 1 aliphatic heterocycles. The molecule has 2 aromatic rings. The van der Waals surface area contributed by atoms with Gasteiger partial charge in [-0.15, -0.1) is 0 Å². The minimum Gasteiger partial charge on any atom is -0.344 e. The molecule has 0 aromatic heterocycles. The molecule has 2 atom stereocenters. The van der Waals surface area contributed by atoms with Gasteiger partial charge in [-0.3, -0.25) is 24.0 Å². The van der Waals surface area contributed by atoms with Gasteiger partial charge in [0, 0.05) is 19.4 Å². The van der Waals surface area contributed by atoms with Gasteiger partial charge >= 0.3 is 5.91 Å². The van der Waals surface area contributed by atoms with Crippen molar-refractivity contribution < 1.29 is 24.0 Å². The third kappa shape index (κ3) is 6.73. The van der Waals surface area contributed by atoms with Crippen LogP contribution in [0.15, 0.2) is 60.7 Å². The second-order valence-electron chi connectivity index (χ2n) is 8.28. The summed E-state index contributed by atoms with van der Waals surface area (Å²) in [7, 11) is 0. The van der Waals surface area contributed by atoms with Gasteiger partial charge in [0.2, 0.25) is 17.6 Å². The summed E-state index contributed by atoms with van der Waals surface area (Å²) in [6.07, 6.45) is 0.423.